The average Bonchev–Trinajstić information content (AvgIpc) is 1.80. The van der Waals surface area contributed by atoms with Crippen molar-refractivity contribution in [2.24, 2.45) is 0 Å². The molecule has 58 valence electrons. The molecule has 1 aromatic rings. The van der Waals surface area contributed by atoms with Gasteiger partial charge in [0.2, 0.25) is 0 Å². The first-order chi connectivity index (χ1) is 4.20. The average molecular weight is 229 g/mol. The molecule has 1 aromatic carbocycles. The molecule has 0 bridgehead atoms. The van der Waals surface area contributed by atoms with E-state index in [1.807, 2.05) is 0 Å². The van der Waals surface area contributed by atoms with E-state index in [0.29, 0.717) is 5.56 Å². The molecule has 0 aliphatic heterocycles. The van der Waals surface area contributed by atoms with E-state index in [4.69, 9.17) is 0 Å². The van der Waals surface area contributed by atoms with Crippen molar-refractivity contribution in [1.29, 1.82) is 0 Å². The predicted molar refractivity (Wildman–Crippen MR) is 38.1 cm³/mol. The number of hydrogen-bond acceptors (Lipinski definition) is 0. The third-order valence-corrected chi connectivity index (χ3v) is 0.984. The molecule has 1 rings (SSSR count). The van der Waals surface area contributed by atoms with Gasteiger partial charge < -0.3 is 0 Å². The molecular formula is C7H6ClF2Zn-. The Morgan fingerprint density at radius 2 is 1.64 bits per heavy atom. The summed E-state index contributed by atoms with van der Waals surface area (Å²) in [5, 5.41) is 0. The first-order valence-electron chi connectivity index (χ1n) is 2.47. The van der Waals surface area contributed by atoms with Crippen molar-refractivity contribution in [3.05, 3.63) is 42.3 Å². The van der Waals surface area contributed by atoms with Crippen LogP contribution in [0.4, 0.5) is 8.78 Å². The van der Waals surface area contributed by atoms with Crippen LogP contribution in [0, 0.1) is 18.6 Å². The van der Waals surface area contributed by atoms with E-state index in [2.05, 4.69) is 6.92 Å². The number of hydrogen-bond donors (Lipinski definition) is 0. The summed E-state index contributed by atoms with van der Waals surface area (Å²) in [4.78, 5) is 0. The Hall–Kier alpha value is -0.137. The number of halogens is 3. The fraction of sp³-hybridized carbons (Fsp3) is 0. The maximum atomic E-state index is 12.2. The van der Waals surface area contributed by atoms with E-state index in [-0.39, 0.29) is 31.9 Å². The molecule has 0 nitrogen and oxygen atoms in total. The molecule has 0 fully saturated rings. The van der Waals surface area contributed by atoms with E-state index in [0.717, 1.165) is 12.1 Å². The van der Waals surface area contributed by atoms with Crippen LogP contribution in [0.2, 0.25) is 0 Å². The van der Waals surface area contributed by atoms with Crippen molar-refractivity contribution in [2.75, 3.05) is 0 Å². The Balaban J connectivity index is 0. The van der Waals surface area contributed by atoms with Crippen LogP contribution in [-0.4, -0.2) is 0 Å². The standard InChI is InChI=1S/C7H5F2.ClH.Zn/c1-5-2-3-6(8)7(9)4-5;;/h2-4H,1H2;1H;/q-1;;. The second-order valence-corrected chi connectivity index (χ2v) is 1.75. The summed E-state index contributed by atoms with van der Waals surface area (Å²) in [5.74, 6) is -1.68. The Kier molecular flexibility index (Phi) is 6.73. The quantitative estimate of drug-likeness (QED) is 0.473. The second kappa shape index (κ2) is 5.51. The number of benzene rings is 1. The third kappa shape index (κ3) is 3.69. The van der Waals surface area contributed by atoms with Crippen LogP contribution in [0.15, 0.2) is 18.2 Å². The van der Waals surface area contributed by atoms with Crippen molar-refractivity contribution in [3.63, 3.8) is 0 Å². The normalized spacial score (nSPS) is 7.82. The van der Waals surface area contributed by atoms with Crippen LogP contribution in [0.25, 0.3) is 0 Å². The SMILES string of the molecule is Cl.[CH2-]c1ccc(F)c(F)c1.[Zn]. The molecule has 0 aliphatic rings. The van der Waals surface area contributed by atoms with E-state index in [9.17, 15) is 8.78 Å². The van der Waals surface area contributed by atoms with Gasteiger partial charge in [-0.25, -0.2) is 8.78 Å². The van der Waals surface area contributed by atoms with Crippen LogP contribution in [0.3, 0.4) is 0 Å². The van der Waals surface area contributed by atoms with E-state index in [1.165, 1.54) is 6.07 Å². The van der Waals surface area contributed by atoms with Gasteiger partial charge in [-0.1, -0.05) is 6.07 Å². The fourth-order valence-electron chi connectivity index (χ4n) is 0.540. The molecule has 0 radical (unpaired) electrons. The summed E-state index contributed by atoms with van der Waals surface area (Å²) < 4.78 is 24.3. The molecule has 0 saturated carbocycles. The van der Waals surface area contributed by atoms with Gasteiger partial charge in [0.25, 0.3) is 0 Å². The van der Waals surface area contributed by atoms with Gasteiger partial charge in [0.1, 0.15) is 11.6 Å². The molecule has 0 N–H and O–H groups in total. The van der Waals surface area contributed by atoms with Crippen molar-refractivity contribution in [2.45, 2.75) is 0 Å². The molecule has 0 unspecified atom stereocenters. The van der Waals surface area contributed by atoms with Crippen LogP contribution in [0.5, 0.6) is 0 Å². The van der Waals surface area contributed by atoms with E-state index < -0.39 is 11.6 Å². The maximum Gasteiger partial charge on any atom is 0.134 e. The van der Waals surface area contributed by atoms with Crippen molar-refractivity contribution >= 4 is 12.4 Å². The first-order valence-corrected chi connectivity index (χ1v) is 2.47. The van der Waals surface area contributed by atoms with Gasteiger partial charge in [0.05, 0.1) is 0 Å². The minimum atomic E-state index is -0.845. The largest absolute Gasteiger partial charge is 0.218 e. The van der Waals surface area contributed by atoms with Crippen LogP contribution in [-0.2, 0) is 19.5 Å². The minimum absolute atomic E-state index is 0. The summed E-state index contributed by atoms with van der Waals surface area (Å²) in [7, 11) is 0. The monoisotopic (exact) mass is 227 g/mol. The molecule has 0 spiro atoms. The Morgan fingerprint density at radius 1 is 1.09 bits per heavy atom. The Bertz CT molecular complexity index is 228. The fourth-order valence-corrected chi connectivity index (χ4v) is 0.540. The molecule has 0 saturated heterocycles. The van der Waals surface area contributed by atoms with Crippen molar-refractivity contribution in [1.82, 2.24) is 0 Å². The zero-order valence-corrected chi connectivity index (χ0v) is 9.59. The van der Waals surface area contributed by atoms with Crippen LogP contribution < -0.4 is 0 Å². The van der Waals surface area contributed by atoms with Crippen LogP contribution in [0.1, 0.15) is 5.56 Å². The zero-order valence-electron chi connectivity index (χ0n) is 5.81. The summed E-state index contributed by atoms with van der Waals surface area (Å²) >= 11 is 0. The second-order valence-electron chi connectivity index (χ2n) is 1.75. The molecule has 11 heavy (non-hydrogen) atoms. The molecule has 0 aromatic heterocycles. The Labute approximate surface area is 83.2 Å². The summed E-state index contributed by atoms with van der Waals surface area (Å²) in [6, 6.07) is 3.52. The first kappa shape index (κ1) is 13.5. The van der Waals surface area contributed by atoms with Crippen LogP contribution >= 0.6 is 12.4 Å². The van der Waals surface area contributed by atoms with Crippen molar-refractivity contribution < 1.29 is 28.3 Å². The van der Waals surface area contributed by atoms with Gasteiger partial charge in [0, 0.05) is 19.5 Å². The maximum absolute atomic E-state index is 12.2. The van der Waals surface area contributed by atoms with Gasteiger partial charge in [-0.2, -0.15) is 18.6 Å². The predicted octanol–water partition coefficient (Wildman–Crippen LogP) is 2.57. The summed E-state index contributed by atoms with van der Waals surface area (Å²) in [5.41, 5.74) is 0.480. The van der Waals surface area contributed by atoms with E-state index >= 15 is 0 Å². The minimum Gasteiger partial charge on any atom is -0.218 e. The summed E-state index contributed by atoms with van der Waals surface area (Å²) in [6.45, 7) is 3.42. The smallest absolute Gasteiger partial charge is 0.134 e. The molecule has 4 heteroatoms. The Morgan fingerprint density at radius 3 is 2.00 bits per heavy atom. The van der Waals surface area contributed by atoms with Crippen molar-refractivity contribution in [3.8, 4) is 0 Å². The topological polar surface area (TPSA) is 0 Å². The van der Waals surface area contributed by atoms with Gasteiger partial charge in [-0.05, 0) is 0 Å². The van der Waals surface area contributed by atoms with E-state index in [1.54, 1.807) is 0 Å². The van der Waals surface area contributed by atoms with Gasteiger partial charge in [0.15, 0.2) is 0 Å². The molecule has 0 amide bonds. The zero-order chi connectivity index (χ0) is 6.85. The molecule has 0 heterocycles. The van der Waals surface area contributed by atoms with Gasteiger partial charge in [-0.3, -0.25) is 0 Å². The molecule has 0 atom stereocenters. The van der Waals surface area contributed by atoms with Gasteiger partial charge >= 0.3 is 0 Å². The van der Waals surface area contributed by atoms with Gasteiger partial charge in [-0.15, -0.1) is 18.5 Å². The third-order valence-electron chi connectivity index (χ3n) is 0.984. The molecular weight excluding hydrogens is 223 g/mol. The molecule has 0 aliphatic carbocycles. The number of rotatable bonds is 0. The summed E-state index contributed by atoms with van der Waals surface area (Å²) in [6.07, 6.45) is 0.